The molecule has 0 spiro atoms. The zero-order valence-corrected chi connectivity index (χ0v) is 10.6. The lowest BCUT2D eigenvalue weighted by Gasteiger charge is -2.14. The van der Waals surface area contributed by atoms with Gasteiger partial charge in [0.15, 0.2) is 11.6 Å². The normalized spacial score (nSPS) is 10.1. The van der Waals surface area contributed by atoms with Gasteiger partial charge in [-0.25, -0.2) is 8.78 Å². The smallest absolute Gasteiger partial charge is 0.150 e. The van der Waals surface area contributed by atoms with E-state index in [1.54, 1.807) is 6.07 Å². The Bertz CT molecular complexity index is 629. The topological polar surface area (TPSA) is 35.8 Å². The predicted octanol–water partition coefficient (Wildman–Crippen LogP) is 4.20. The average Bonchev–Trinajstić information content (AvgIpc) is 2.36. The Morgan fingerprint density at radius 2 is 1.53 bits per heavy atom. The van der Waals surface area contributed by atoms with Gasteiger partial charge in [-0.1, -0.05) is 18.2 Å². The minimum atomic E-state index is -0.779. The van der Waals surface area contributed by atoms with Gasteiger partial charge in [-0.2, -0.15) is 5.26 Å². The molecule has 0 atom stereocenters. The van der Waals surface area contributed by atoms with Crippen molar-refractivity contribution in [3.63, 3.8) is 0 Å². The molecule has 2 aromatic rings. The highest BCUT2D eigenvalue weighted by molar-refractivity contribution is 5.67. The summed E-state index contributed by atoms with van der Waals surface area (Å²) in [6.07, 6.45) is 0. The van der Waals surface area contributed by atoms with E-state index >= 15 is 0 Å². The molecule has 2 aromatic carbocycles. The molecule has 0 aliphatic carbocycles. The van der Waals surface area contributed by atoms with Gasteiger partial charge in [-0.15, -0.1) is 0 Å². The molecule has 19 heavy (non-hydrogen) atoms. The second-order valence-electron chi connectivity index (χ2n) is 4.32. The maximum Gasteiger partial charge on any atom is 0.150 e. The summed E-state index contributed by atoms with van der Waals surface area (Å²) in [4.78, 5) is 0. The van der Waals surface area contributed by atoms with E-state index in [0.29, 0.717) is 5.69 Å². The number of nitrogens with one attached hydrogen (secondary N) is 1. The van der Waals surface area contributed by atoms with Gasteiger partial charge in [0.25, 0.3) is 0 Å². The average molecular weight is 258 g/mol. The van der Waals surface area contributed by atoms with Crippen molar-refractivity contribution < 1.29 is 8.78 Å². The van der Waals surface area contributed by atoms with Gasteiger partial charge in [0.2, 0.25) is 0 Å². The second-order valence-corrected chi connectivity index (χ2v) is 4.32. The van der Waals surface area contributed by atoms with Gasteiger partial charge in [0, 0.05) is 5.69 Å². The van der Waals surface area contributed by atoms with Crippen molar-refractivity contribution >= 4 is 11.4 Å². The maximum absolute atomic E-state index is 13.8. The fourth-order valence-corrected chi connectivity index (χ4v) is 1.89. The summed E-state index contributed by atoms with van der Waals surface area (Å²) in [5, 5.41) is 11.4. The van der Waals surface area contributed by atoms with Crippen LogP contribution in [0, 0.1) is 36.8 Å². The van der Waals surface area contributed by atoms with E-state index in [1.807, 2.05) is 32.0 Å². The van der Waals surface area contributed by atoms with Crippen LogP contribution in [-0.4, -0.2) is 0 Å². The molecular formula is C15H12F2N2. The van der Waals surface area contributed by atoms with Gasteiger partial charge in [-0.05, 0) is 37.1 Å². The van der Waals surface area contributed by atoms with Crippen LogP contribution in [0.2, 0.25) is 0 Å². The zero-order valence-electron chi connectivity index (χ0n) is 10.6. The van der Waals surface area contributed by atoms with Crippen LogP contribution in [0.1, 0.15) is 16.7 Å². The van der Waals surface area contributed by atoms with Gasteiger partial charge in [-0.3, -0.25) is 0 Å². The van der Waals surface area contributed by atoms with Crippen LogP contribution >= 0.6 is 0 Å². The molecule has 0 saturated heterocycles. The number of hydrogen-bond donors (Lipinski definition) is 1. The molecule has 0 heterocycles. The van der Waals surface area contributed by atoms with Crippen molar-refractivity contribution in [2.45, 2.75) is 13.8 Å². The summed E-state index contributed by atoms with van der Waals surface area (Å²) in [7, 11) is 0. The fraction of sp³-hybridized carbons (Fsp3) is 0.133. The molecular weight excluding hydrogens is 246 g/mol. The van der Waals surface area contributed by atoms with Gasteiger partial charge in [0.1, 0.15) is 5.69 Å². The molecule has 4 heteroatoms. The van der Waals surface area contributed by atoms with Crippen LogP contribution in [0.4, 0.5) is 20.2 Å². The minimum Gasteiger partial charge on any atom is -0.350 e. The quantitative estimate of drug-likeness (QED) is 0.876. The maximum atomic E-state index is 13.8. The third-order valence-corrected chi connectivity index (χ3v) is 2.90. The Balaban J connectivity index is 2.48. The lowest BCUT2D eigenvalue weighted by Crippen LogP contribution is -2.01. The molecule has 0 aromatic heterocycles. The van der Waals surface area contributed by atoms with E-state index in [4.69, 9.17) is 5.26 Å². The van der Waals surface area contributed by atoms with E-state index in [1.165, 1.54) is 0 Å². The number of nitrogens with zero attached hydrogens (tertiary/aromatic N) is 1. The largest absolute Gasteiger partial charge is 0.350 e. The highest BCUT2D eigenvalue weighted by Gasteiger charge is 2.13. The molecule has 1 N–H and O–H groups in total. The Morgan fingerprint density at radius 3 is 2.00 bits per heavy atom. The Labute approximate surface area is 110 Å². The predicted molar refractivity (Wildman–Crippen MR) is 70.3 cm³/mol. The highest BCUT2D eigenvalue weighted by atomic mass is 19.1. The summed E-state index contributed by atoms with van der Waals surface area (Å²) in [5.41, 5.74) is 2.18. The molecule has 0 amide bonds. The van der Waals surface area contributed by atoms with Gasteiger partial charge in [0.05, 0.1) is 11.6 Å². The van der Waals surface area contributed by atoms with Crippen molar-refractivity contribution in [3.05, 3.63) is 58.7 Å². The number of aryl methyl sites for hydroxylation is 2. The summed E-state index contributed by atoms with van der Waals surface area (Å²) < 4.78 is 27.6. The molecule has 0 fully saturated rings. The first-order chi connectivity index (χ1) is 9.02. The first-order valence-electron chi connectivity index (χ1n) is 5.75. The Hall–Kier alpha value is -2.41. The summed E-state index contributed by atoms with van der Waals surface area (Å²) in [5.74, 6) is -1.56. The van der Waals surface area contributed by atoms with Crippen LogP contribution < -0.4 is 5.32 Å². The number of benzene rings is 2. The van der Waals surface area contributed by atoms with Crippen LogP contribution in [0.15, 0.2) is 30.3 Å². The lowest BCUT2D eigenvalue weighted by molar-refractivity contribution is 0.590. The number of halogens is 2. The highest BCUT2D eigenvalue weighted by Crippen LogP contribution is 2.28. The first-order valence-corrected chi connectivity index (χ1v) is 5.75. The van der Waals surface area contributed by atoms with Gasteiger partial charge < -0.3 is 5.32 Å². The molecule has 0 unspecified atom stereocenters. The molecule has 0 bridgehead atoms. The molecule has 2 nitrogen and oxygen atoms in total. The van der Waals surface area contributed by atoms with E-state index in [2.05, 4.69) is 5.32 Å². The summed E-state index contributed by atoms with van der Waals surface area (Å²) in [6.45, 7) is 3.71. The third-order valence-electron chi connectivity index (χ3n) is 2.90. The first kappa shape index (κ1) is 13.0. The number of hydrogen-bond acceptors (Lipinski definition) is 2. The number of anilines is 2. The standard InChI is InChI=1S/C15H12F2N2/c1-9-4-3-5-10(2)14(9)19-15-12(16)6-11(8-18)7-13(15)17/h3-7,19H,1-2H3. The third kappa shape index (κ3) is 2.55. The van der Waals surface area contributed by atoms with Crippen molar-refractivity contribution in [2.24, 2.45) is 0 Å². The molecule has 96 valence electrons. The van der Waals surface area contributed by atoms with Crippen molar-refractivity contribution in [2.75, 3.05) is 5.32 Å². The molecule has 0 aliphatic heterocycles. The van der Waals surface area contributed by atoms with E-state index < -0.39 is 11.6 Å². The monoisotopic (exact) mass is 258 g/mol. The fourth-order valence-electron chi connectivity index (χ4n) is 1.89. The van der Waals surface area contributed by atoms with Crippen LogP contribution in [0.25, 0.3) is 0 Å². The summed E-state index contributed by atoms with van der Waals surface area (Å²) in [6, 6.07) is 9.33. The number of nitriles is 1. The van der Waals surface area contributed by atoms with Crippen LogP contribution in [-0.2, 0) is 0 Å². The van der Waals surface area contributed by atoms with Crippen molar-refractivity contribution in [1.29, 1.82) is 5.26 Å². The second kappa shape index (κ2) is 5.07. The number of para-hydroxylation sites is 1. The zero-order chi connectivity index (χ0) is 14.0. The summed E-state index contributed by atoms with van der Waals surface area (Å²) >= 11 is 0. The van der Waals surface area contributed by atoms with E-state index in [-0.39, 0.29) is 11.3 Å². The van der Waals surface area contributed by atoms with Crippen molar-refractivity contribution in [1.82, 2.24) is 0 Å². The SMILES string of the molecule is Cc1cccc(C)c1Nc1c(F)cc(C#N)cc1F. The molecule has 0 aliphatic rings. The number of rotatable bonds is 2. The van der Waals surface area contributed by atoms with Gasteiger partial charge >= 0.3 is 0 Å². The van der Waals surface area contributed by atoms with Crippen LogP contribution in [0.5, 0.6) is 0 Å². The lowest BCUT2D eigenvalue weighted by atomic mass is 10.1. The molecule has 0 saturated carbocycles. The minimum absolute atomic E-state index is 0.0398. The molecule has 2 rings (SSSR count). The Morgan fingerprint density at radius 1 is 1.00 bits per heavy atom. The van der Waals surface area contributed by atoms with E-state index in [9.17, 15) is 8.78 Å². The van der Waals surface area contributed by atoms with E-state index in [0.717, 1.165) is 23.3 Å². The Kier molecular flexibility index (Phi) is 3.48. The van der Waals surface area contributed by atoms with Crippen LogP contribution in [0.3, 0.4) is 0 Å². The molecule has 0 radical (unpaired) electrons. The van der Waals surface area contributed by atoms with Crippen molar-refractivity contribution in [3.8, 4) is 6.07 Å².